The number of hydrogen-bond acceptors (Lipinski definition) is 4. The summed E-state index contributed by atoms with van der Waals surface area (Å²) in [7, 11) is 3.10. The van der Waals surface area contributed by atoms with Gasteiger partial charge in [-0.25, -0.2) is 0 Å². The van der Waals surface area contributed by atoms with Crippen molar-refractivity contribution in [1.29, 1.82) is 0 Å². The first-order valence-electron chi connectivity index (χ1n) is 7.39. The van der Waals surface area contributed by atoms with E-state index in [4.69, 9.17) is 9.47 Å². The minimum absolute atomic E-state index is 0.132. The van der Waals surface area contributed by atoms with Gasteiger partial charge in [-0.15, -0.1) is 0 Å². The third-order valence-electron chi connectivity index (χ3n) is 4.05. The molecule has 1 aliphatic heterocycles. The average molecular weight is 437 g/mol. The van der Waals surface area contributed by atoms with Crippen molar-refractivity contribution < 1.29 is 19.1 Å². The fraction of sp³-hybridized carbons (Fsp3) is 0.222. The fourth-order valence-corrected chi connectivity index (χ4v) is 3.20. The third kappa shape index (κ3) is 2.98. The van der Waals surface area contributed by atoms with Gasteiger partial charge in [-0.1, -0.05) is 6.07 Å². The van der Waals surface area contributed by atoms with Gasteiger partial charge in [-0.3, -0.25) is 14.5 Å². The Morgan fingerprint density at radius 1 is 1.04 bits per heavy atom. The SMILES string of the molecule is COc1ccc(C2CC(=O)N(c3ccc(I)cc3)C2=O)c(OC)c1. The molecule has 0 N–H and O–H groups in total. The van der Waals surface area contributed by atoms with Crippen LogP contribution in [-0.4, -0.2) is 26.0 Å². The molecule has 124 valence electrons. The molecular formula is C18H16INO4. The quantitative estimate of drug-likeness (QED) is 0.544. The summed E-state index contributed by atoms with van der Waals surface area (Å²) in [6.45, 7) is 0. The summed E-state index contributed by atoms with van der Waals surface area (Å²) >= 11 is 2.18. The van der Waals surface area contributed by atoms with Gasteiger partial charge in [0.05, 0.1) is 25.8 Å². The first-order valence-corrected chi connectivity index (χ1v) is 8.47. The zero-order chi connectivity index (χ0) is 17.3. The molecule has 0 saturated carbocycles. The van der Waals surface area contributed by atoms with E-state index in [1.807, 2.05) is 12.1 Å². The molecule has 6 heteroatoms. The van der Waals surface area contributed by atoms with E-state index in [9.17, 15) is 9.59 Å². The summed E-state index contributed by atoms with van der Waals surface area (Å²) in [5, 5.41) is 0. The van der Waals surface area contributed by atoms with E-state index in [1.54, 1.807) is 37.4 Å². The van der Waals surface area contributed by atoms with Crippen LogP contribution in [0.5, 0.6) is 11.5 Å². The van der Waals surface area contributed by atoms with Crippen LogP contribution in [0.15, 0.2) is 42.5 Å². The largest absolute Gasteiger partial charge is 0.497 e. The predicted octanol–water partition coefficient (Wildman–Crippen LogP) is 3.36. The van der Waals surface area contributed by atoms with Gasteiger partial charge in [-0.2, -0.15) is 0 Å². The van der Waals surface area contributed by atoms with Gasteiger partial charge in [0.2, 0.25) is 11.8 Å². The number of carbonyl (C=O) groups is 2. The van der Waals surface area contributed by atoms with Crippen molar-refractivity contribution in [2.45, 2.75) is 12.3 Å². The molecule has 0 bridgehead atoms. The molecule has 1 fully saturated rings. The summed E-state index contributed by atoms with van der Waals surface area (Å²) in [6.07, 6.45) is 0.132. The van der Waals surface area contributed by atoms with E-state index >= 15 is 0 Å². The first kappa shape index (κ1) is 16.8. The number of methoxy groups -OCH3 is 2. The Morgan fingerprint density at radius 3 is 2.38 bits per heavy atom. The molecule has 0 spiro atoms. The molecule has 24 heavy (non-hydrogen) atoms. The number of rotatable bonds is 4. The maximum atomic E-state index is 12.8. The highest BCUT2D eigenvalue weighted by atomic mass is 127. The highest BCUT2D eigenvalue weighted by Crippen LogP contribution is 2.38. The number of hydrogen-bond donors (Lipinski definition) is 0. The second kappa shape index (κ2) is 6.80. The molecule has 0 radical (unpaired) electrons. The van der Waals surface area contributed by atoms with Crippen molar-refractivity contribution in [3.63, 3.8) is 0 Å². The molecule has 2 amide bonds. The third-order valence-corrected chi connectivity index (χ3v) is 4.77. The van der Waals surface area contributed by atoms with Gasteiger partial charge in [0.25, 0.3) is 0 Å². The molecule has 3 rings (SSSR count). The number of benzene rings is 2. The topological polar surface area (TPSA) is 55.8 Å². The maximum absolute atomic E-state index is 12.8. The van der Waals surface area contributed by atoms with Crippen molar-refractivity contribution in [3.8, 4) is 11.5 Å². The first-order chi connectivity index (χ1) is 11.5. The van der Waals surface area contributed by atoms with Gasteiger partial charge in [0.15, 0.2) is 0 Å². The summed E-state index contributed by atoms with van der Waals surface area (Å²) in [6, 6.07) is 12.6. The van der Waals surface area contributed by atoms with Crippen molar-refractivity contribution in [2.75, 3.05) is 19.1 Å². The van der Waals surface area contributed by atoms with Crippen molar-refractivity contribution in [2.24, 2.45) is 0 Å². The summed E-state index contributed by atoms with van der Waals surface area (Å²) in [4.78, 5) is 26.5. The Morgan fingerprint density at radius 2 is 1.75 bits per heavy atom. The minimum atomic E-state index is -0.544. The Bertz CT molecular complexity index is 788. The van der Waals surface area contributed by atoms with E-state index < -0.39 is 5.92 Å². The monoisotopic (exact) mass is 437 g/mol. The van der Waals surface area contributed by atoms with Crippen LogP contribution in [0.4, 0.5) is 5.69 Å². The van der Waals surface area contributed by atoms with Crippen LogP contribution in [0.25, 0.3) is 0 Å². The van der Waals surface area contributed by atoms with Crippen molar-refractivity contribution in [3.05, 3.63) is 51.6 Å². The van der Waals surface area contributed by atoms with E-state index in [2.05, 4.69) is 22.6 Å². The van der Waals surface area contributed by atoms with Gasteiger partial charge in [0.1, 0.15) is 11.5 Å². The molecule has 0 aromatic heterocycles. The standard InChI is InChI=1S/C18H16INO4/c1-23-13-7-8-14(16(9-13)24-2)15-10-17(21)20(18(15)22)12-5-3-11(19)4-6-12/h3-9,15H,10H2,1-2H3. The van der Waals surface area contributed by atoms with Crippen LogP contribution in [0.1, 0.15) is 17.9 Å². The van der Waals surface area contributed by atoms with Gasteiger partial charge in [-0.05, 0) is 52.9 Å². The lowest BCUT2D eigenvalue weighted by Crippen LogP contribution is -2.30. The lowest BCUT2D eigenvalue weighted by Gasteiger charge is -2.17. The van der Waals surface area contributed by atoms with Crippen LogP contribution in [0.2, 0.25) is 0 Å². The van der Waals surface area contributed by atoms with E-state index in [1.165, 1.54) is 12.0 Å². The Labute approximate surface area is 153 Å². The van der Waals surface area contributed by atoms with Gasteiger partial charge < -0.3 is 9.47 Å². The summed E-state index contributed by atoms with van der Waals surface area (Å²) in [5.41, 5.74) is 1.30. The second-order valence-corrected chi connectivity index (χ2v) is 6.65. The lowest BCUT2D eigenvalue weighted by atomic mass is 9.96. The number of amides is 2. The molecule has 5 nitrogen and oxygen atoms in total. The summed E-state index contributed by atoms with van der Waals surface area (Å²) < 4.78 is 11.6. The van der Waals surface area contributed by atoms with Gasteiger partial charge >= 0.3 is 0 Å². The smallest absolute Gasteiger partial charge is 0.241 e. The fourth-order valence-electron chi connectivity index (χ4n) is 2.84. The average Bonchev–Trinajstić information content (AvgIpc) is 2.89. The number of imide groups is 1. The molecule has 2 aromatic carbocycles. The van der Waals surface area contributed by atoms with Crippen molar-refractivity contribution >= 4 is 40.1 Å². The predicted molar refractivity (Wildman–Crippen MR) is 98.6 cm³/mol. The maximum Gasteiger partial charge on any atom is 0.241 e. The Kier molecular flexibility index (Phi) is 4.75. The molecule has 1 aliphatic rings. The Balaban J connectivity index is 1.96. The molecule has 1 saturated heterocycles. The molecule has 1 atom stereocenters. The molecule has 1 heterocycles. The zero-order valence-electron chi connectivity index (χ0n) is 13.3. The lowest BCUT2D eigenvalue weighted by molar-refractivity contribution is -0.121. The minimum Gasteiger partial charge on any atom is -0.497 e. The molecular weight excluding hydrogens is 421 g/mol. The highest BCUT2D eigenvalue weighted by molar-refractivity contribution is 14.1. The second-order valence-electron chi connectivity index (χ2n) is 5.41. The normalized spacial score (nSPS) is 17.3. The van der Waals surface area contributed by atoms with Gasteiger partial charge in [0, 0.05) is 21.6 Å². The Hall–Kier alpha value is -2.09. The zero-order valence-corrected chi connectivity index (χ0v) is 15.4. The number of halogens is 1. The molecule has 1 unspecified atom stereocenters. The number of carbonyl (C=O) groups excluding carboxylic acids is 2. The summed E-state index contributed by atoms with van der Waals surface area (Å²) in [5.74, 6) is 0.207. The van der Waals surface area contributed by atoms with Crippen LogP contribution >= 0.6 is 22.6 Å². The molecule has 2 aromatic rings. The number of nitrogens with zero attached hydrogens (tertiary/aromatic N) is 1. The number of ether oxygens (including phenoxy) is 2. The van der Waals surface area contributed by atoms with Crippen molar-refractivity contribution in [1.82, 2.24) is 0 Å². The van der Waals surface area contributed by atoms with Crippen LogP contribution in [-0.2, 0) is 9.59 Å². The van der Waals surface area contributed by atoms with E-state index in [0.717, 1.165) is 3.57 Å². The van der Waals surface area contributed by atoms with E-state index in [0.29, 0.717) is 22.7 Å². The highest BCUT2D eigenvalue weighted by Gasteiger charge is 2.41. The van der Waals surface area contributed by atoms with Crippen LogP contribution < -0.4 is 14.4 Å². The van der Waals surface area contributed by atoms with Crippen LogP contribution in [0.3, 0.4) is 0 Å². The number of anilines is 1. The molecule has 0 aliphatic carbocycles. The van der Waals surface area contributed by atoms with Crippen LogP contribution in [0, 0.1) is 3.57 Å². The van der Waals surface area contributed by atoms with E-state index in [-0.39, 0.29) is 18.2 Å².